The number of hydrogen-bond donors (Lipinski definition) is 7. The van der Waals surface area contributed by atoms with Gasteiger partial charge in [0.05, 0.1) is 68.7 Å². The van der Waals surface area contributed by atoms with Gasteiger partial charge in [-0.1, -0.05) is 26.0 Å². The van der Waals surface area contributed by atoms with Crippen molar-refractivity contribution in [3.8, 4) is 23.0 Å². The van der Waals surface area contributed by atoms with E-state index in [1.54, 1.807) is 38.1 Å². The number of fused-ring (bicyclic) bond motifs is 3. The largest absolute Gasteiger partial charge is 0.493 e. The summed E-state index contributed by atoms with van der Waals surface area (Å²) in [7, 11) is 5.41. The molecule has 3 aliphatic rings. The molecule has 0 spiro atoms. The van der Waals surface area contributed by atoms with Crippen LogP contribution in [-0.2, 0) is 39.9 Å². The molecule has 26 nitrogen and oxygen atoms in total. The van der Waals surface area contributed by atoms with Crippen LogP contribution in [0.4, 0.5) is 26.7 Å². The normalized spacial score (nSPS) is 18.9. The van der Waals surface area contributed by atoms with Crippen LogP contribution in [0.2, 0.25) is 0 Å². The van der Waals surface area contributed by atoms with Crippen molar-refractivity contribution in [2.75, 3.05) is 83.4 Å². The topological polar surface area (TPSA) is 323 Å². The quantitative estimate of drug-likeness (QED) is 0.0555. The number of ether oxygens (including phenoxy) is 8. The second-order valence-electron chi connectivity index (χ2n) is 17.5. The summed E-state index contributed by atoms with van der Waals surface area (Å²) in [4.78, 5) is 95.1. The molecule has 26 heteroatoms. The zero-order valence-electron chi connectivity index (χ0n) is 41.7. The Morgan fingerprint density at radius 2 is 1.35 bits per heavy atom. The number of aliphatic hydroxyl groups is 3. The van der Waals surface area contributed by atoms with E-state index in [2.05, 4.69) is 16.0 Å². The number of carboxylic acid groups (broad SMARTS) is 1. The zero-order valence-corrected chi connectivity index (χ0v) is 41.7. The summed E-state index contributed by atoms with van der Waals surface area (Å²) in [5.74, 6) is -3.10. The van der Waals surface area contributed by atoms with Crippen LogP contribution in [0.3, 0.4) is 0 Å². The Morgan fingerprint density at radius 3 is 1.93 bits per heavy atom. The first kappa shape index (κ1) is 55.8. The molecular weight excluding hydrogens is 979 g/mol. The summed E-state index contributed by atoms with van der Waals surface area (Å²) in [6, 6.07) is 8.34. The summed E-state index contributed by atoms with van der Waals surface area (Å²) in [6.45, 7) is 4.38. The van der Waals surface area contributed by atoms with E-state index in [9.17, 15) is 54.0 Å². The van der Waals surface area contributed by atoms with Crippen LogP contribution in [0.5, 0.6) is 23.0 Å². The molecule has 402 valence electrons. The van der Waals surface area contributed by atoms with Crippen molar-refractivity contribution in [2.24, 2.45) is 5.92 Å². The predicted octanol–water partition coefficient (Wildman–Crippen LogP) is 1.63. The number of hydrogen-bond acceptors (Lipinski definition) is 18. The molecule has 1 fully saturated rings. The van der Waals surface area contributed by atoms with Crippen LogP contribution in [0.25, 0.3) is 0 Å². The number of amides is 7. The number of nitrogens with one attached hydrogen (secondary N) is 3. The lowest BCUT2D eigenvalue weighted by molar-refractivity contribution is -0.132. The molecular formula is C48H61N7O19. The predicted molar refractivity (Wildman–Crippen MR) is 258 cm³/mol. The van der Waals surface area contributed by atoms with E-state index >= 15 is 0 Å². The molecule has 74 heavy (non-hydrogen) atoms. The molecule has 3 aliphatic heterocycles. The summed E-state index contributed by atoms with van der Waals surface area (Å²) in [5.41, 5.74) is 0.364. The molecule has 7 amide bonds. The molecule has 7 N–H and O–H groups in total. The molecule has 0 aromatic heterocycles. The van der Waals surface area contributed by atoms with Gasteiger partial charge in [0, 0.05) is 44.9 Å². The summed E-state index contributed by atoms with van der Waals surface area (Å²) < 4.78 is 43.7. The average molecular weight is 1040 g/mol. The van der Waals surface area contributed by atoms with Crippen LogP contribution in [0.1, 0.15) is 59.9 Å². The third-order valence-electron chi connectivity index (χ3n) is 12.1. The number of carbonyl (C=O) groups is 7. The molecule has 0 bridgehead atoms. The first-order valence-electron chi connectivity index (χ1n) is 23.2. The van der Waals surface area contributed by atoms with Gasteiger partial charge in [-0.15, -0.1) is 0 Å². The number of benzene rings is 3. The number of rotatable bonds is 22. The molecule has 3 aromatic carbocycles. The van der Waals surface area contributed by atoms with Crippen LogP contribution >= 0.6 is 0 Å². The third-order valence-corrected chi connectivity index (χ3v) is 12.1. The fourth-order valence-electron chi connectivity index (χ4n) is 8.17. The maximum Gasteiger partial charge on any atom is 0.418 e. The van der Waals surface area contributed by atoms with Crippen LogP contribution in [0.15, 0.2) is 48.5 Å². The van der Waals surface area contributed by atoms with Crippen LogP contribution in [-0.4, -0.2) is 177 Å². The number of anilines is 3. The molecule has 6 rings (SSSR count). The Bertz CT molecular complexity index is 2550. The number of aliphatic hydroxyl groups excluding tert-OH is 3. The number of methoxy groups -OCH3 is 3. The molecule has 3 heterocycles. The average Bonchev–Trinajstić information content (AvgIpc) is 3.74. The second-order valence-corrected chi connectivity index (χ2v) is 17.5. The first-order chi connectivity index (χ1) is 35.3. The maximum absolute atomic E-state index is 13.7. The van der Waals surface area contributed by atoms with Crippen molar-refractivity contribution in [3.63, 3.8) is 0 Å². The minimum atomic E-state index is -1.82. The van der Waals surface area contributed by atoms with Gasteiger partial charge in [0.15, 0.2) is 42.8 Å². The van der Waals surface area contributed by atoms with E-state index in [0.29, 0.717) is 29.4 Å². The second kappa shape index (κ2) is 25.0. The van der Waals surface area contributed by atoms with E-state index in [4.69, 9.17) is 37.9 Å². The highest BCUT2D eigenvalue weighted by Gasteiger charge is 2.47. The van der Waals surface area contributed by atoms with E-state index in [0.717, 1.165) is 9.80 Å². The van der Waals surface area contributed by atoms with Crippen molar-refractivity contribution >= 4 is 58.8 Å². The standard InChI is InChI=1S/C48H61N7O19/c1-25(2)40(51-39(57)12-13-70-15-14-67-5)42(59)49-26(3)41(58)50-28-10-8-27(9-11-28)22-72-48(66)55-33-20-38(35(68-6)17-30(33)43(60)52(4)46(55)63)74-24-71-23-73-37-19-32-31(18-36(37)69-7)44(61)53-21-29(56)16-34(53)45(62)54(32)47(64)65/h8-11,17-20,25-26,29,34,40,45-46,56,62-63H,12-16,21-24H2,1-7H3,(H,49,59)(H,50,58)(H,51,57)(H,64,65)/t26-,29?,34-,40-,45?,46?/m0/s1. The Morgan fingerprint density at radius 1 is 0.743 bits per heavy atom. The van der Waals surface area contributed by atoms with Gasteiger partial charge in [0.2, 0.25) is 24.1 Å². The number of nitrogens with zero attached hydrogens (tertiary/aromatic N) is 4. The fourth-order valence-corrected chi connectivity index (χ4v) is 8.17. The van der Waals surface area contributed by atoms with Crippen LogP contribution in [0, 0.1) is 5.92 Å². The highest BCUT2D eigenvalue weighted by atomic mass is 16.7. The van der Waals surface area contributed by atoms with E-state index in [1.807, 2.05) is 0 Å². The molecule has 3 unspecified atom stereocenters. The van der Waals surface area contributed by atoms with Gasteiger partial charge in [0.25, 0.3) is 11.8 Å². The lowest BCUT2D eigenvalue weighted by Crippen LogP contribution is -2.56. The van der Waals surface area contributed by atoms with E-state index in [-0.39, 0.29) is 89.9 Å². The Kier molecular flexibility index (Phi) is 18.8. The first-order valence-corrected chi connectivity index (χ1v) is 23.2. The SMILES string of the molecule is COCCOCCC(=O)N[C@H](C(=O)N[C@@H](C)C(=O)Nc1ccc(COC(=O)N2c3cc(OCOCOc4cc5c(cc4OC)C(=O)N4CC(O)C[C@H]4C(O)N5C(=O)O)c(OC)cc3C(=O)N(C)C2O)cc1)C(C)C. The Balaban J connectivity index is 1.05. The summed E-state index contributed by atoms with van der Waals surface area (Å²) in [6.07, 6.45) is -7.12. The van der Waals surface area contributed by atoms with Crippen molar-refractivity contribution < 1.29 is 91.9 Å². The van der Waals surface area contributed by atoms with Crippen molar-refractivity contribution in [2.45, 2.75) is 77.0 Å². The highest BCUT2D eigenvalue weighted by Crippen LogP contribution is 2.42. The van der Waals surface area contributed by atoms with Gasteiger partial charge in [-0.3, -0.25) is 28.9 Å². The molecule has 0 aliphatic carbocycles. The monoisotopic (exact) mass is 1040 g/mol. The summed E-state index contributed by atoms with van der Waals surface area (Å²) >= 11 is 0. The van der Waals surface area contributed by atoms with Gasteiger partial charge in [0.1, 0.15) is 18.7 Å². The Labute approximate surface area is 424 Å². The van der Waals surface area contributed by atoms with Crippen molar-refractivity contribution in [1.82, 2.24) is 20.4 Å². The van der Waals surface area contributed by atoms with Gasteiger partial charge in [-0.25, -0.2) is 19.4 Å². The maximum atomic E-state index is 13.7. The van der Waals surface area contributed by atoms with Crippen LogP contribution < -0.4 is 44.7 Å². The molecule has 3 aromatic rings. The molecule has 1 saturated heterocycles. The third kappa shape index (κ3) is 12.8. The van der Waals surface area contributed by atoms with Gasteiger partial charge in [-0.05, 0) is 49.1 Å². The molecule has 0 saturated carbocycles. The summed E-state index contributed by atoms with van der Waals surface area (Å²) in [5, 5.41) is 50.5. The molecule has 0 radical (unpaired) electrons. The van der Waals surface area contributed by atoms with Gasteiger partial charge in [-0.2, -0.15) is 0 Å². The van der Waals surface area contributed by atoms with Gasteiger partial charge < -0.3 is 79.2 Å². The minimum absolute atomic E-state index is 0.0178. The van der Waals surface area contributed by atoms with Crippen molar-refractivity contribution in [1.29, 1.82) is 0 Å². The minimum Gasteiger partial charge on any atom is -0.493 e. The smallest absolute Gasteiger partial charge is 0.418 e. The van der Waals surface area contributed by atoms with Gasteiger partial charge >= 0.3 is 12.2 Å². The molecule has 6 atom stereocenters. The highest BCUT2D eigenvalue weighted by molar-refractivity contribution is 6.08. The van der Waals surface area contributed by atoms with E-state index in [1.165, 1.54) is 64.5 Å². The van der Waals surface area contributed by atoms with Crippen molar-refractivity contribution in [3.05, 3.63) is 65.2 Å². The zero-order chi connectivity index (χ0) is 54.0. The number of carbonyl (C=O) groups excluding carboxylic acids is 6. The lowest BCUT2D eigenvalue weighted by Gasteiger charge is -2.38. The van der Waals surface area contributed by atoms with E-state index < -0.39 is 86.2 Å². The fraction of sp³-hybridized carbons (Fsp3) is 0.479. The lowest BCUT2D eigenvalue weighted by atomic mass is 10.0. The Hall–Kier alpha value is -7.49.